The highest BCUT2D eigenvalue weighted by Gasteiger charge is 2.36. The van der Waals surface area contributed by atoms with Gasteiger partial charge in [0.2, 0.25) is 0 Å². The van der Waals surface area contributed by atoms with Gasteiger partial charge in [0.25, 0.3) is 22.7 Å². The molecule has 0 aliphatic carbocycles. The first kappa shape index (κ1) is 25.9. The van der Waals surface area contributed by atoms with E-state index in [1.807, 2.05) is 6.08 Å². The van der Waals surface area contributed by atoms with Crippen LogP contribution in [-0.2, 0) is 0 Å². The van der Waals surface area contributed by atoms with Crippen LogP contribution in [0.3, 0.4) is 0 Å². The highest BCUT2D eigenvalue weighted by atomic mass is 79.9. The van der Waals surface area contributed by atoms with Crippen molar-refractivity contribution in [3.05, 3.63) is 124 Å². The predicted molar refractivity (Wildman–Crippen MR) is 134 cm³/mol. The molecule has 0 N–H and O–H groups in total. The summed E-state index contributed by atoms with van der Waals surface area (Å²) in [6.07, 6.45) is 3.60. The number of non-ortho nitro benzene ring substituents is 2. The Kier molecular flexibility index (Phi) is 7.39. The fourth-order valence-electron chi connectivity index (χ4n) is 4.10. The summed E-state index contributed by atoms with van der Waals surface area (Å²) in [5, 5.41) is 46.4. The van der Waals surface area contributed by atoms with Crippen LogP contribution in [0.1, 0.15) is 22.7 Å². The molecule has 1 aliphatic heterocycles. The Morgan fingerprint density at radius 1 is 0.694 bits per heavy atom. The number of nitro benzene ring substituents is 4. The quantitative estimate of drug-likeness (QED) is 0.267. The third kappa shape index (κ3) is 4.74. The van der Waals surface area contributed by atoms with Crippen molar-refractivity contribution in [2.24, 2.45) is 0 Å². The topological polar surface area (TPSA) is 176 Å². The molecule has 0 radical (unpaired) electrons. The molecular weight excluding hydrogens is 542 g/mol. The summed E-state index contributed by atoms with van der Waals surface area (Å²) < 4.78 is 0. The molecule has 3 aromatic carbocycles. The van der Waals surface area contributed by atoms with E-state index in [-0.39, 0.29) is 34.7 Å². The van der Waals surface area contributed by atoms with Crippen LogP contribution in [0.4, 0.5) is 28.4 Å². The Balaban J connectivity index is 0.00000361. The summed E-state index contributed by atoms with van der Waals surface area (Å²) >= 11 is 0. The molecule has 1 aliphatic rings. The molecular formula is C22H16BrN5O8. The maximum atomic E-state index is 12.0. The molecule has 0 amide bonds. The van der Waals surface area contributed by atoms with Crippen LogP contribution in [-0.4, -0.2) is 26.2 Å². The lowest BCUT2D eigenvalue weighted by molar-refractivity contribution is -0.395. The SMILES string of the molecule is Br.O=[N+]([O-])c1ccc(C(c2ccc([N+](=O)[O-])cc2[N+](=O)[O-])N2CC=Cc3ccccc32)c([N+](=O)[O-])c1. The zero-order valence-corrected chi connectivity index (χ0v) is 19.8. The average Bonchev–Trinajstić information content (AvgIpc) is 2.84. The molecule has 1 heterocycles. The minimum Gasteiger partial charge on any atom is -0.356 e. The van der Waals surface area contributed by atoms with E-state index >= 15 is 0 Å². The number of halogens is 1. The third-order valence-corrected chi connectivity index (χ3v) is 5.59. The first-order chi connectivity index (χ1) is 16.7. The average molecular weight is 558 g/mol. The van der Waals surface area contributed by atoms with Crippen molar-refractivity contribution in [3.63, 3.8) is 0 Å². The number of rotatable bonds is 7. The lowest BCUT2D eigenvalue weighted by atomic mass is 9.91. The fourth-order valence-corrected chi connectivity index (χ4v) is 4.10. The predicted octanol–water partition coefficient (Wildman–Crippen LogP) is 5.52. The van der Waals surface area contributed by atoms with Crippen LogP contribution in [0.15, 0.2) is 66.7 Å². The van der Waals surface area contributed by atoms with Crippen LogP contribution in [0, 0.1) is 40.5 Å². The molecule has 0 atom stereocenters. The minimum absolute atomic E-state index is 0. The van der Waals surface area contributed by atoms with E-state index in [0.29, 0.717) is 5.69 Å². The van der Waals surface area contributed by atoms with Crippen molar-refractivity contribution in [3.8, 4) is 0 Å². The molecule has 0 bridgehead atoms. The van der Waals surface area contributed by atoms with E-state index in [9.17, 15) is 40.5 Å². The summed E-state index contributed by atoms with van der Waals surface area (Å²) in [4.78, 5) is 44.9. The van der Waals surface area contributed by atoms with Gasteiger partial charge in [-0.05, 0) is 23.8 Å². The summed E-state index contributed by atoms with van der Waals surface area (Å²) in [5.41, 5.74) is -0.969. The second-order valence-electron chi connectivity index (χ2n) is 7.53. The van der Waals surface area contributed by atoms with E-state index in [0.717, 1.165) is 29.8 Å². The zero-order chi connectivity index (χ0) is 25.3. The summed E-state index contributed by atoms with van der Waals surface area (Å²) in [7, 11) is 0. The Hall–Kier alpha value is -4.72. The second-order valence-corrected chi connectivity index (χ2v) is 7.53. The normalized spacial score (nSPS) is 12.0. The van der Waals surface area contributed by atoms with Crippen LogP contribution < -0.4 is 4.90 Å². The number of nitrogens with zero attached hydrogens (tertiary/aromatic N) is 5. The lowest BCUT2D eigenvalue weighted by Gasteiger charge is -2.36. The maximum absolute atomic E-state index is 12.0. The van der Waals surface area contributed by atoms with E-state index in [1.54, 1.807) is 35.2 Å². The van der Waals surface area contributed by atoms with Gasteiger partial charge in [0, 0.05) is 24.4 Å². The Labute approximate surface area is 212 Å². The second kappa shape index (κ2) is 10.3. The van der Waals surface area contributed by atoms with Crippen molar-refractivity contribution >= 4 is 51.5 Å². The van der Waals surface area contributed by atoms with E-state index in [1.165, 1.54) is 12.1 Å². The number of para-hydroxylation sites is 1. The summed E-state index contributed by atoms with van der Waals surface area (Å²) in [6.45, 7) is 0.198. The van der Waals surface area contributed by atoms with E-state index in [4.69, 9.17) is 0 Å². The molecule has 0 aromatic heterocycles. The smallest absolute Gasteiger partial charge is 0.281 e. The van der Waals surface area contributed by atoms with Crippen molar-refractivity contribution in [1.29, 1.82) is 0 Å². The highest BCUT2D eigenvalue weighted by molar-refractivity contribution is 8.93. The molecule has 14 heteroatoms. The fraction of sp³-hybridized carbons (Fsp3) is 0.0909. The van der Waals surface area contributed by atoms with Gasteiger partial charge in [0.1, 0.15) is 0 Å². The van der Waals surface area contributed by atoms with E-state index < -0.39 is 48.5 Å². The zero-order valence-electron chi connectivity index (χ0n) is 18.1. The van der Waals surface area contributed by atoms with Crippen molar-refractivity contribution in [1.82, 2.24) is 0 Å². The van der Waals surface area contributed by atoms with Gasteiger partial charge in [-0.2, -0.15) is 0 Å². The van der Waals surface area contributed by atoms with Crippen LogP contribution >= 0.6 is 17.0 Å². The Bertz CT molecular complexity index is 1350. The van der Waals surface area contributed by atoms with Crippen molar-refractivity contribution in [2.45, 2.75) is 6.04 Å². The lowest BCUT2D eigenvalue weighted by Crippen LogP contribution is -2.32. The molecule has 3 aromatic rings. The van der Waals surface area contributed by atoms with Gasteiger partial charge in [-0.15, -0.1) is 17.0 Å². The van der Waals surface area contributed by atoms with Crippen LogP contribution in [0.5, 0.6) is 0 Å². The van der Waals surface area contributed by atoms with Gasteiger partial charge >= 0.3 is 0 Å². The molecule has 4 rings (SSSR count). The number of nitro groups is 4. The molecule has 0 saturated heterocycles. The van der Waals surface area contributed by atoms with Gasteiger partial charge in [0.05, 0.1) is 49.0 Å². The maximum Gasteiger partial charge on any atom is 0.281 e. The highest BCUT2D eigenvalue weighted by Crippen LogP contribution is 2.44. The van der Waals surface area contributed by atoms with Gasteiger partial charge < -0.3 is 4.90 Å². The van der Waals surface area contributed by atoms with Crippen molar-refractivity contribution < 1.29 is 19.7 Å². The van der Waals surface area contributed by atoms with Gasteiger partial charge in [-0.3, -0.25) is 40.5 Å². The molecule has 0 fully saturated rings. The molecule has 36 heavy (non-hydrogen) atoms. The monoisotopic (exact) mass is 557 g/mol. The molecule has 0 spiro atoms. The van der Waals surface area contributed by atoms with Gasteiger partial charge in [-0.1, -0.05) is 30.4 Å². The van der Waals surface area contributed by atoms with Crippen LogP contribution in [0.2, 0.25) is 0 Å². The van der Waals surface area contributed by atoms with E-state index in [2.05, 4.69) is 0 Å². The molecule has 184 valence electrons. The minimum atomic E-state index is -1.16. The molecule has 13 nitrogen and oxygen atoms in total. The summed E-state index contributed by atoms with van der Waals surface area (Å²) in [5.74, 6) is 0. The third-order valence-electron chi connectivity index (χ3n) is 5.59. The molecule has 0 unspecified atom stereocenters. The number of anilines is 1. The van der Waals surface area contributed by atoms with Crippen LogP contribution in [0.25, 0.3) is 6.08 Å². The number of hydrogen-bond acceptors (Lipinski definition) is 9. The largest absolute Gasteiger partial charge is 0.356 e. The van der Waals surface area contributed by atoms with Crippen molar-refractivity contribution in [2.75, 3.05) is 11.4 Å². The number of fused-ring (bicyclic) bond motifs is 1. The van der Waals surface area contributed by atoms with Gasteiger partial charge in [0.15, 0.2) is 0 Å². The van der Waals surface area contributed by atoms with Gasteiger partial charge in [-0.25, -0.2) is 0 Å². The Morgan fingerprint density at radius 2 is 1.19 bits per heavy atom. The first-order valence-corrected chi connectivity index (χ1v) is 10.1. The Morgan fingerprint density at radius 3 is 1.67 bits per heavy atom. The first-order valence-electron chi connectivity index (χ1n) is 10.1. The summed E-state index contributed by atoms with van der Waals surface area (Å²) in [6, 6.07) is 12.0. The molecule has 0 saturated carbocycles. The number of benzene rings is 3. The standard InChI is InChI=1S/C22H15N5O8.BrH/c28-24(29)15-7-9-17(20(12-15)26(32)33)22(23-11-3-5-14-4-1-2-6-19(14)23)18-10-8-16(25(30)31)13-21(18)27(34)35;/h1-10,12-13,22H,11H2;1H. The number of hydrogen-bond donors (Lipinski definition) is 0.